The third-order valence-electron chi connectivity index (χ3n) is 2.59. The number of hydrogen-bond acceptors (Lipinski definition) is 4. The minimum absolute atomic E-state index is 0.0181. The Morgan fingerprint density at radius 1 is 1.64 bits per heavy atom. The fourth-order valence-corrected chi connectivity index (χ4v) is 1.62. The van der Waals surface area contributed by atoms with Crippen molar-refractivity contribution >= 4 is 0 Å². The van der Waals surface area contributed by atoms with E-state index in [0.717, 1.165) is 13.2 Å². The molecule has 0 saturated carbocycles. The molecule has 0 radical (unpaired) electrons. The molecule has 1 fully saturated rings. The van der Waals surface area contributed by atoms with Gasteiger partial charge in [0.1, 0.15) is 5.54 Å². The maximum atomic E-state index is 8.86. The monoisotopic (exact) mass is 197 g/mol. The van der Waals surface area contributed by atoms with Crippen molar-refractivity contribution in [3.05, 3.63) is 0 Å². The quantitative estimate of drug-likeness (QED) is 0.693. The molecule has 0 aliphatic carbocycles. The van der Waals surface area contributed by atoms with Crippen LogP contribution in [-0.2, 0) is 4.74 Å². The van der Waals surface area contributed by atoms with E-state index in [2.05, 4.69) is 24.8 Å². The lowest BCUT2D eigenvalue weighted by Gasteiger charge is -2.44. The molecule has 2 N–H and O–H groups in total. The number of hydrogen-bond donors (Lipinski definition) is 1. The van der Waals surface area contributed by atoms with Crippen LogP contribution in [0.25, 0.3) is 0 Å². The number of rotatable bonds is 2. The molecule has 1 atom stereocenters. The molecule has 1 saturated heterocycles. The maximum absolute atomic E-state index is 8.86. The van der Waals surface area contributed by atoms with Crippen LogP contribution in [0.2, 0.25) is 0 Å². The first-order chi connectivity index (χ1) is 6.37. The first-order valence-corrected chi connectivity index (χ1v) is 4.90. The highest BCUT2D eigenvalue weighted by Crippen LogP contribution is 2.20. The van der Waals surface area contributed by atoms with E-state index in [9.17, 15) is 0 Å². The lowest BCUT2D eigenvalue weighted by atomic mass is 9.97. The van der Waals surface area contributed by atoms with Crippen molar-refractivity contribution in [3.63, 3.8) is 0 Å². The van der Waals surface area contributed by atoms with Gasteiger partial charge in [-0.3, -0.25) is 4.90 Å². The average molecular weight is 197 g/mol. The van der Waals surface area contributed by atoms with Crippen LogP contribution in [0.15, 0.2) is 0 Å². The van der Waals surface area contributed by atoms with E-state index >= 15 is 0 Å². The standard InChI is InChI=1S/C10H19N3O/c1-9(2)8-14-5-4-13(9)7-10(3,12)6-11/h4-5,7-8,12H2,1-3H3. The van der Waals surface area contributed by atoms with Gasteiger partial charge in [0, 0.05) is 18.6 Å². The predicted octanol–water partition coefficient (Wildman–Crippen LogP) is 0.338. The van der Waals surface area contributed by atoms with Crippen LogP contribution in [0.5, 0.6) is 0 Å². The summed E-state index contributed by atoms with van der Waals surface area (Å²) in [4.78, 5) is 2.22. The molecule has 0 amide bonds. The molecule has 0 aromatic rings. The molecule has 14 heavy (non-hydrogen) atoms. The second kappa shape index (κ2) is 3.85. The van der Waals surface area contributed by atoms with Gasteiger partial charge in [-0.25, -0.2) is 0 Å². The normalized spacial score (nSPS) is 26.5. The lowest BCUT2D eigenvalue weighted by Crippen LogP contribution is -2.59. The van der Waals surface area contributed by atoms with Crippen LogP contribution in [0.3, 0.4) is 0 Å². The van der Waals surface area contributed by atoms with Gasteiger partial charge in [-0.2, -0.15) is 5.26 Å². The van der Waals surface area contributed by atoms with Crippen molar-refractivity contribution in [1.29, 1.82) is 5.26 Å². The molecule has 0 aromatic carbocycles. The molecule has 4 heteroatoms. The summed E-state index contributed by atoms with van der Waals surface area (Å²) in [6.07, 6.45) is 0. The highest BCUT2D eigenvalue weighted by atomic mass is 16.5. The maximum Gasteiger partial charge on any atom is 0.114 e. The molecular weight excluding hydrogens is 178 g/mol. The van der Waals surface area contributed by atoms with E-state index < -0.39 is 5.54 Å². The first-order valence-electron chi connectivity index (χ1n) is 4.90. The van der Waals surface area contributed by atoms with Crippen LogP contribution >= 0.6 is 0 Å². The number of ether oxygens (including phenoxy) is 1. The second-order valence-corrected chi connectivity index (χ2v) is 4.82. The van der Waals surface area contributed by atoms with Crippen molar-refractivity contribution in [2.24, 2.45) is 5.73 Å². The molecular formula is C10H19N3O. The van der Waals surface area contributed by atoms with Crippen molar-refractivity contribution < 1.29 is 4.74 Å². The molecule has 1 unspecified atom stereocenters. The summed E-state index contributed by atoms with van der Waals surface area (Å²) in [5.74, 6) is 0. The Morgan fingerprint density at radius 3 is 2.79 bits per heavy atom. The summed E-state index contributed by atoms with van der Waals surface area (Å²) in [6.45, 7) is 8.86. The zero-order valence-corrected chi connectivity index (χ0v) is 9.21. The Bertz CT molecular complexity index is 242. The van der Waals surface area contributed by atoms with Gasteiger partial charge in [-0.1, -0.05) is 0 Å². The van der Waals surface area contributed by atoms with Gasteiger partial charge in [0.25, 0.3) is 0 Å². The van der Waals surface area contributed by atoms with Gasteiger partial charge in [0.2, 0.25) is 0 Å². The van der Waals surface area contributed by atoms with Crippen LogP contribution in [0.1, 0.15) is 20.8 Å². The van der Waals surface area contributed by atoms with Crippen LogP contribution in [0, 0.1) is 11.3 Å². The summed E-state index contributed by atoms with van der Waals surface area (Å²) in [5, 5.41) is 8.86. The molecule has 1 aliphatic heterocycles. The molecule has 1 aliphatic rings. The van der Waals surface area contributed by atoms with E-state index in [1.54, 1.807) is 6.92 Å². The van der Waals surface area contributed by atoms with Crippen molar-refractivity contribution in [3.8, 4) is 6.07 Å². The largest absolute Gasteiger partial charge is 0.378 e. The number of nitrogens with two attached hydrogens (primary N) is 1. The molecule has 80 valence electrons. The van der Waals surface area contributed by atoms with E-state index in [4.69, 9.17) is 15.7 Å². The van der Waals surface area contributed by atoms with Crippen LogP contribution in [0.4, 0.5) is 0 Å². The van der Waals surface area contributed by atoms with Crippen molar-refractivity contribution in [2.75, 3.05) is 26.3 Å². The summed E-state index contributed by atoms with van der Waals surface area (Å²) in [6, 6.07) is 2.12. The van der Waals surface area contributed by atoms with Gasteiger partial charge in [0.05, 0.1) is 19.3 Å². The molecule has 1 heterocycles. The Hall–Kier alpha value is -0.630. The van der Waals surface area contributed by atoms with Gasteiger partial charge in [0.15, 0.2) is 0 Å². The molecule has 4 nitrogen and oxygen atoms in total. The molecule has 0 bridgehead atoms. The molecule has 0 aromatic heterocycles. The SMILES string of the molecule is CC(N)(C#N)CN1CCOCC1(C)C. The third kappa shape index (κ3) is 2.68. The first kappa shape index (κ1) is 11.4. The van der Waals surface area contributed by atoms with E-state index in [-0.39, 0.29) is 5.54 Å². The van der Waals surface area contributed by atoms with E-state index in [0.29, 0.717) is 13.2 Å². The highest BCUT2D eigenvalue weighted by Gasteiger charge is 2.34. The van der Waals surface area contributed by atoms with Crippen LogP contribution < -0.4 is 5.73 Å². The topological polar surface area (TPSA) is 62.3 Å². The van der Waals surface area contributed by atoms with Crippen molar-refractivity contribution in [2.45, 2.75) is 31.8 Å². The predicted molar refractivity (Wildman–Crippen MR) is 54.7 cm³/mol. The number of morpholine rings is 1. The average Bonchev–Trinajstić information content (AvgIpc) is 2.09. The Morgan fingerprint density at radius 2 is 2.29 bits per heavy atom. The summed E-state index contributed by atoms with van der Waals surface area (Å²) in [5.41, 5.74) is 5.04. The van der Waals surface area contributed by atoms with Crippen LogP contribution in [-0.4, -0.2) is 42.3 Å². The minimum Gasteiger partial charge on any atom is -0.378 e. The number of nitriles is 1. The Balaban J connectivity index is 2.63. The zero-order valence-electron chi connectivity index (χ0n) is 9.21. The van der Waals surface area contributed by atoms with Gasteiger partial charge in [-0.05, 0) is 20.8 Å². The van der Waals surface area contributed by atoms with E-state index in [1.165, 1.54) is 0 Å². The second-order valence-electron chi connectivity index (χ2n) is 4.82. The van der Waals surface area contributed by atoms with Gasteiger partial charge >= 0.3 is 0 Å². The summed E-state index contributed by atoms with van der Waals surface area (Å²) < 4.78 is 5.40. The highest BCUT2D eigenvalue weighted by molar-refractivity contribution is 5.05. The smallest absolute Gasteiger partial charge is 0.114 e. The van der Waals surface area contributed by atoms with Crippen molar-refractivity contribution in [1.82, 2.24) is 4.90 Å². The minimum atomic E-state index is -0.769. The third-order valence-corrected chi connectivity index (χ3v) is 2.59. The summed E-state index contributed by atoms with van der Waals surface area (Å²) >= 11 is 0. The number of nitrogens with zero attached hydrogens (tertiary/aromatic N) is 2. The molecule has 1 rings (SSSR count). The lowest BCUT2D eigenvalue weighted by molar-refractivity contribution is -0.0554. The fourth-order valence-electron chi connectivity index (χ4n) is 1.62. The molecule has 0 spiro atoms. The zero-order chi connectivity index (χ0) is 10.8. The fraction of sp³-hybridized carbons (Fsp3) is 0.900. The van der Waals surface area contributed by atoms with Gasteiger partial charge < -0.3 is 10.5 Å². The van der Waals surface area contributed by atoms with Gasteiger partial charge in [-0.15, -0.1) is 0 Å². The van der Waals surface area contributed by atoms with E-state index in [1.807, 2.05) is 0 Å². The Labute approximate surface area is 85.6 Å². The summed E-state index contributed by atoms with van der Waals surface area (Å²) in [7, 11) is 0. The Kier molecular flexibility index (Phi) is 3.15.